The summed E-state index contributed by atoms with van der Waals surface area (Å²) in [6.07, 6.45) is 3.18. The third-order valence-electron chi connectivity index (χ3n) is 1.80. The molecule has 0 bridgehead atoms. The molecule has 0 fully saturated rings. The van der Waals surface area contributed by atoms with Crippen LogP contribution in [0.2, 0.25) is 0 Å². The highest BCUT2D eigenvalue weighted by molar-refractivity contribution is 5.59. The second-order valence-corrected chi connectivity index (χ2v) is 2.83. The lowest BCUT2D eigenvalue weighted by molar-refractivity contribution is 1.17. The van der Waals surface area contributed by atoms with Crippen molar-refractivity contribution in [3.05, 3.63) is 29.0 Å². The van der Waals surface area contributed by atoms with Gasteiger partial charge in [0.15, 0.2) is 0 Å². The van der Waals surface area contributed by atoms with E-state index in [-0.39, 0.29) is 0 Å². The van der Waals surface area contributed by atoms with E-state index < -0.39 is 0 Å². The average Bonchev–Trinajstić information content (AvgIpc) is 2.02. The number of nitrogens with zero attached hydrogens (tertiary/aromatic N) is 2. The maximum Gasteiger partial charge on any atom is 0.123 e. The molecule has 0 radical (unpaired) electrons. The van der Waals surface area contributed by atoms with Gasteiger partial charge in [0.2, 0.25) is 0 Å². The number of nitrogen functional groups attached to an aromatic ring is 1. The third kappa shape index (κ3) is 2.06. The second-order valence-electron chi connectivity index (χ2n) is 2.83. The van der Waals surface area contributed by atoms with Gasteiger partial charge >= 0.3 is 0 Å². The van der Waals surface area contributed by atoms with E-state index in [9.17, 15) is 0 Å². The van der Waals surface area contributed by atoms with Crippen LogP contribution in [0.1, 0.15) is 16.8 Å². The fourth-order valence-corrected chi connectivity index (χ4v) is 1.24. The van der Waals surface area contributed by atoms with Crippen molar-refractivity contribution in [3.8, 4) is 6.07 Å². The molecule has 2 N–H and O–H groups in total. The van der Waals surface area contributed by atoms with Gasteiger partial charge < -0.3 is 5.73 Å². The summed E-state index contributed by atoms with van der Waals surface area (Å²) < 4.78 is 0. The van der Waals surface area contributed by atoms with Gasteiger partial charge in [-0.05, 0) is 37.1 Å². The molecular weight excluding hydrogens is 162 g/mol. The fraction of sp³-hybridized carbons (Fsp3) is 0.200. The van der Waals surface area contributed by atoms with E-state index in [1.165, 1.54) is 6.08 Å². The van der Waals surface area contributed by atoms with Gasteiger partial charge in [-0.15, -0.1) is 0 Å². The molecule has 0 aliphatic heterocycles. The first-order chi connectivity index (χ1) is 6.15. The van der Waals surface area contributed by atoms with Gasteiger partial charge in [0.25, 0.3) is 0 Å². The Balaban J connectivity index is 3.22. The Kier molecular flexibility index (Phi) is 2.65. The van der Waals surface area contributed by atoms with Gasteiger partial charge in [0.1, 0.15) is 5.82 Å². The van der Waals surface area contributed by atoms with Crippen molar-refractivity contribution < 1.29 is 0 Å². The van der Waals surface area contributed by atoms with Crippen molar-refractivity contribution in [2.24, 2.45) is 0 Å². The Hall–Kier alpha value is -1.82. The first kappa shape index (κ1) is 9.27. The molecule has 0 aromatic carbocycles. The van der Waals surface area contributed by atoms with E-state index in [1.54, 1.807) is 12.1 Å². The molecule has 0 saturated carbocycles. The van der Waals surface area contributed by atoms with Gasteiger partial charge in [-0.2, -0.15) is 5.26 Å². The summed E-state index contributed by atoms with van der Waals surface area (Å²) in [5.74, 6) is 0.518. The summed E-state index contributed by atoms with van der Waals surface area (Å²) in [6, 6.07) is 3.74. The van der Waals surface area contributed by atoms with E-state index in [2.05, 4.69) is 4.98 Å². The van der Waals surface area contributed by atoms with Crippen LogP contribution in [0.4, 0.5) is 5.82 Å². The zero-order valence-electron chi connectivity index (χ0n) is 7.70. The van der Waals surface area contributed by atoms with Crippen LogP contribution in [0.5, 0.6) is 0 Å². The monoisotopic (exact) mass is 173 g/mol. The van der Waals surface area contributed by atoms with Gasteiger partial charge in [-0.3, -0.25) is 0 Å². The number of nitriles is 1. The van der Waals surface area contributed by atoms with Crippen LogP contribution in [0, 0.1) is 25.2 Å². The Morgan fingerprint density at radius 1 is 1.54 bits per heavy atom. The van der Waals surface area contributed by atoms with Crippen LogP contribution < -0.4 is 5.73 Å². The summed E-state index contributed by atoms with van der Waals surface area (Å²) in [6.45, 7) is 3.82. The number of rotatable bonds is 1. The lowest BCUT2D eigenvalue weighted by atomic mass is 10.1. The van der Waals surface area contributed by atoms with Gasteiger partial charge in [-0.25, -0.2) is 4.98 Å². The molecular formula is C10H11N3. The first-order valence-corrected chi connectivity index (χ1v) is 3.95. The normalized spacial score (nSPS) is 10.2. The summed E-state index contributed by atoms with van der Waals surface area (Å²) in [5.41, 5.74) is 8.41. The van der Waals surface area contributed by atoms with Gasteiger partial charge in [0.05, 0.1) is 6.07 Å². The molecule has 1 heterocycles. The summed E-state index contributed by atoms with van der Waals surface area (Å²) in [5, 5.41) is 8.38. The molecule has 13 heavy (non-hydrogen) atoms. The van der Waals surface area contributed by atoms with Crippen molar-refractivity contribution in [2.45, 2.75) is 13.8 Å². The maximum atomic E-state index is 8.38. The van der Waals surface area contributed by atoms with Crippen molar-refractivity contribution >= 4 is 11.9 Å². The van der Waals surface area contributed by atoms with Crippen molar-refractivity contribution in [3.63, 3.8) is 0 Å². The van der Waals surface area contributed by atoms with Gasteiger partial charge in [0, 0.05) is 11.8 Å². The Morgan fingerprint density at radius 2 is 2.23 bits per heavy atom. The van der Waals surface area contributed by atoms with Crippen LogP contribution >= 0.6 is 0 Å². The topological polar surface area (TPSA) is 62.7 Å². The molecule has 0 atom stereocenters. The maximum absolute atomic E-state index is 8.38. The lowest BCUT2D eigenvalue weighted by Crippen LogP contribution is -1.96. The number of aromatic nitrogens is 1. The van der Waals surface area contributed by atoms with E-state index in [0.717, 1.165) is 16.8 Å². The predicted octanol–water partition coefficient (Wildman–Crippen LogP) is 1.82. The molecule has 1 aromatic rings. The van der Waals surface area contributed by atoms with Crippen molar-refractivity contribution in [1.29, 1.82) is 5.26 Å². The quantitative estimate of drug-likeness (QED) is 0.659. The number of hydrogen-bond acceptors (Lipinski definition) is 3. The highest BCUT2D eigenvalue weighted by Crippen LogP contribution is 2.15. The molecule has 3 nitrogen and oxygen atoms in total. The average molecular weight is 173 g/mol. The molecule has 1 aromatic heterocycles. The molecule has 0 unspecified atom stereocenters. The molecule has 0 aliphatic rings. The highest BCUT2D eigenvalue weighted by Gasteiger charge is 2.01. The summed E-state index contributed by atoms with van der Waals surface area (Å²) in [4.78, 5) is 4.10. The number of allylic oxidation sites excluding steroid dienone is 1. The number of anilines is 1. The van der Waals surface area contributed by atoms with Crippen LogP contribution in [0.25, 0.3) is 6.08 Å². The van der Waals surface area contributed by atoms with Crippen LogP contribution in [0.3, 0.4) is 0 Å². The number of aryl methyl sites for hydroxylation is 2. The molecule has 0 aliphatic carbocycles. The fourth-order valence-electron chi connectivity index (χ4n) is 1.24. The number of hydrogen-bond donors (Lipinski definition) is 1. The first-order valence-electron chi connectivity index (χ1n) is 3.95. The SMILES string of the molecule is Cc1cc(N)nc(C)c1C=CC#N. The van der Waals surface area contributed by atoms with Gasteiger partial charge in [-0.1, -0.05) is 0 Å². The summed E-state index contributed by atoms with van der Waals surface area (Å²) in [7, 11) is 0. The molecule has 66 valence electrons. The van der Waals surface area contributed by atoms with Crippen LogP contribution in [-0.2, 0) is 0 Å². The molecule has 0 saturated heterocycles. The standard InChI is InChI=1S/C10H11N3/c1-7-6-10(12)13-8(2)9(7)4-3-5-11/h3-4,6H,1-2H3,(H2,12,13). The van der Waals surface area contributed by atoms with E-state index in [1.807, 2.05) is 19.9 Å². The number of pyridine rings is 1. The van der Waals surface area contributed by atoms with Crippen LogP contribution in [0.15, 0.2) is 12.1 Å². The van der Waals surface area contributed by atoms with E-state index >= 15 is 0 Å². The van der Waals surface area contributed by atoms with E-state index in [4.69, 9.17) is 11.0 Å². The summed E-state index contributed by atoms with van der Waals surface area (Å²) >= 11 is 0. The smallest absolute Gasteiger partial charge is 0.123 e. The minimum absolute atomic E-state index is 0.518. The predicted molar refractivity (Wildman–Crippen MR) is 52.8 cm³/mol. The van der Waals surface area contributed by atoms with E-state index in [0.29, 0.717) is 5.82 Å². The zero-order chi connectivity index (χ0) is 9.84. The Morgan fingerprint density at radius 3 is 2.77 bits per heavy atom. The molecule has 0 spiro atoms. The highest BCUT2D eigenvalue weighted by atomic mass is 14.8. The number of nitrogens with two attached hydrogens (primary N) is 1. The zero-order valence-corrected chi connectivity index (χ0v) is 7.70. The Bertz CT molecular complexity index is 363. The molecule has 1 rings (SSSR count). The Labute approximate surface area is 77.5 Å². The second kappa shape index (κ2) is 3.72. The largest absolute Gasteiger partial charge is 0.384 e. The third-order valence-corrected chi connectivity index (χ3v) is 1.80. The molecule has 3 heteroatoms. The lowest BCUT2D eigenvalue weighted by Gasteiger charge is -2.04. The minimum atomic E-state index is 0.518. The minimum Gasteiger partial charge on any atom is -0.384 e. The molecule has 0 amide bonds. The van der Waals surface area contributed by atoms with Crippen LogP contribution in [-0.4, -0.2) is 4.98 Å². The van der Waals surface area contributed by atoms with Crippen molar-refractivity contribution in [2.75, 3.05) is 5.73 Å². The van der Waals surface area contributed by atoms with Crippen molar-refractivity contribution in [1.82, 2.24) is 4.98 Å².